The van der Waals surface area contributed by atoms with Crippen molar-refractivity contribution in [2.24, 2.45) is 0 Å². The third-order valence-electron chi connectivity index (χ3n) is 2.75. The Bertz CT molecular complexity index is 366. The molecule has 2 N–H and O–H groups in total. The molecule has 18 heavy (non-hydrogen) atoms. The predicted octanol–water partition coefficient (Wildman–Crippen LogP) is 2.43. The summed E-state index contributed by atoms with van der Waals surface area (Å²) in [7, 11) is 1.67. The van der Waals surface area contributed by atoms with Crippen LogP contribution in [0.15, 0.2) is 24.3 Å². The summed E-state index contributed by atoms with van der Waals surface area (Å²) in [5, 5.41) is 11.8. The Balaban J connectivity index is 2.12. The molecule has 4 heteroatoms. The monoisotopic (exact) mass is 251 g/mol. The molecule has 0 amide bonds. The molecular formula is C14H21NO3. The highest BCUT2D eigenvalue weighted by atomic mass is 16.5. The number of rotatable bonds is 9. The minimum atomic E-state index is -0.711. The molecular weight excluding hydrogens is 230 g/mol. The first-order chi connectivity index (χ1) is 8.74. The highest BCUT2D eigenvalue weighted by molar-refractivity contribution is 5.66. The highest BCUT2D eigenvalue weighted by Gasteiger charge is 2.00. The SMILES string of the molecule is COc1ccccc1CNCCCCCC(=O)O. The van der Waals surface area contributed by atoms with Gasteiger partial charge >= 0.3 is 5.97 Å². The summed E-state index contributed by atoms with van der Waals surface area (Å²) in [6.07, 6.45) is 2.98. The summed E-state index contributed by atoms with van der Waals surface area (Å²) in [5.41, 5.74) is 1.14. The van der Waals surface area contributed by atoms with E-state index >= 15 is 0 Å². The zero-order chi connectivity index (χ0) is 13.2. The van der Waals surface area contributed by atoms with Crippen LogP contribution in [-0.4, -0.2) is 24.7 Å². The van der Waals surface area contributed by atoms with Crippen LogP contribution in [0.5, 0.6) is 5.75 Å². The second-order valence-corrected chi connectivity index (χ2v) is 4.19. The summed E-state index contributed by atoms with van der Waals surface area (Å²) in [4.78, 5) is 10.3. The van der Waals surface area contributed by atoms with E-state index in [2.05, 4.69) is 5.32 Å². The summed E-state index contributed by atoms with van der Waals surface area (Å²) >= 11 is 0. The van der Waals surface area contributed by atoms with Crippen LogP contribution in [0.4, 0.5) is 0 Å². The smallest absolute Gasteiger partial charge is 0.303 e. The Kier molecular flexibility index (Phi) is 6.87. The van der Waals surface area contributed by atoms with E-state index in [1.807, 2.05) is 24.3 Å². The topological polar surface area (TPSA) is 58.6 Å². The number of para-hydroxylation sites is 1. The van der Waals surface area contributed by atoms with Crippen LogP contribution in [0.2, 0.25) is 0 Å². The quantitative estimate of drug-likeness (QED) is 0.662. The van der Waals surface area contributed by atoms with Gasteiger partial charge in [-0.15, -0.1) is 0 Å². The van der Waals surface area contributed by atoms with Crippen LogP contribution >= 0.6 is 0 Å². The first kappa shape index (κ1) is 14.5. The fourth-order valence-electron chi connectivity index (χ4n) is 1.78. The van der Waals surface area contributed by atoms with Crippen molar-refractivity contribution in [2.45, 2.75) is 32.2 Å². The molecule has 0 heterocycles. The Hall–Kier alpha value is -1.55. The van der Waals surface area contributed by atoms with Crippen molar-refractivity contribution in [2.75, 3.05) is 13.7 Å². The van der Waals surface area contributed by atoms with E-state index in [-0.39, 0.29) is 6.42 Å². The Morgan fingerprint density at radius 3 is 2.78 bits per heavy atom. The average molecular weight is 251 g/mol. The van der Waals surface area contributed by atoms with Gasteiger partial charge in [0, 0.05) is 18.5 Å². The first-order valence-corrected chi connectivity index (χ1v) is 6.28. The van der Waals surface area contributed by atoms with Crippen LogP contribution in [0.25, 0.3) is 0 Å². The number of carboxylic acid groups (broad SMARTS) is 1. The number of nitrogens with one attached hydrogen (secondary N) is 1. The second kappa shape index (κ2) is 8.53. The Morgan fingerprint density at radius 1 is 1.28 bits per heavy atom. The van der Waals surface area contributed by atoms with E-state index in [0.717, 1.165) is 43.7 Å². The molecule has 0 aliphatic rings. The van der Waals surface area contributed by atoms with Crippen molar-refractivity contribution in [1.29, 1.82) is 0 Å². The molecule has 0 radical (unpaired) electrons. The zero-order valence-corrected chi connectivity index (χ0v) is 10.8. The van der Waals surface area contributed by atoms with E-state index in [9.17, 15) is 4.79 Å². The molecule has 0 spiro atoms. The number of benzene rings is 1. The minimum Gasteiger partial charge on any atom is -0.496 e. The summed E-state index contributed by atoms with van der Waals surface area (Å²) in [6.45, 7) is 1.68. The normalized spacial score (nSPS) is 10.3. The maximum Gasteiger partial charge on any atom is 0.303 e. The van der Waals surface area contributed by atoms with Gasteiger partial charge in [-0.3, -0.25) is 4.79 Å². The fraction of sp³-hybridized carbons (Fsp3) is 0.500. The maximum absolute atomic E-state index is 10.3. The average Bonchev–Trinajstić information content (AvgIpc) is 2.37. The van der Waals surface area contributed by atoms with Gasteiger partial charge in [0.25, 0.3) is 0 Å². The van der Waals surface area contributed by atoms with Crippen LogP contribution in [0, 0.1) is 0 Å². The molecule has 0 aromatic heterocycles. The molecule has 1 aromatic rings. The molecule has 100 valence electrons. The number of carbonyl (C=O) groups is 1. The van der Waals surface area contributed by atoms with E-state index in [0.29, 0.717) is 0 Å². The number of ether oxygens (including phenoxy) is 1. The molecule has 0 bridgehead atoms. The van der Waals surface area contributed by atoms with Crippen molar-refractivity contribution in [3.8, 4) is 5.75 Å². The summed E-state index contributed by atoms with van der Waals surface area (Å²) < 4.78 is 5.26. The Morgan fingerprint density at radius 2 is 2.06 bits per heavy atom. The van der Waals surface area contributed by atoms with Gasteiger partial charge in [-0.25, -0.2) is 0 Å². The number of aliphatic carboxylic acids is 1. The zero-order valence-electron chi connectivity index (χ0n) is 10.8. The number of hydrogen-bond donors (Lipinski definition) is 2. The molecule has 1 aromatic carbocycles. The molecule has 0 aliphatic carbocycles. The van der Waals surface area contributed by atoms with Crippen molar-refractivity contribution in [3.63, 3.8) is 0 Å². The van der Waals surface area contributed by atoms with Crippen molar-refractivity contribution in [3.05, 3.63) is 29.8 Å². The van der Waals surface area contributed by atoms with Gasteiger partial charge in [0.05, 0.1) is 7.11 Å². The molecule has 0 atom stereocenters. The first-order valence-electron chi connectivity index (χ1n) is 6.28. The molecule has 0 unspecified atom stereocenters. The number of hydrogen-bond acceptors (Lipinski definition) is 3. The van der Waals surface area contributed by atoms with Gasteiger partial charge in [0.15, 0.2) is 0 Å². The summed E-state index contributed by atoms with van der Waals surface area (Å²) in [6, 6.07) is 7.93. The molecule has 0 saturated carbocycles. The second-order valence-electron chi connectivity index (χ2n) is 4.19. The number of methoxy groups -OCH3 is 1. The third kappa shape index (κ3) is 5.68. The molecule has 0 aliphatic heterocycles. The predicted molar refractivity (Wildman–Crippen MR) is 70.8 cm³/mol. The molecule has 0 fully saturated rings. The van der Waals surface area contributed by atoms with E-state index in [4.69, 9.17) is 9.84 Å². The molecule has 0 saturated heterocycles. The lowest BCUT2D eigenvalue weighted by atomic mass is 10.2. The number of carboxylic acids is 1. The molecule has 4 nitrogen and oxygen atoms in total. The maximum atomic E-state index is 10.3. The van der Waals surface area contributed by atoms with Gasteiger partial charge in [0.2, 0.25) is 0 Å². The van der Waals surface area contributed by atoms with E-state index in [1.54, 1.807) is 7.11 Å². The van der Waals surface area contributed by atoms with Gasteiger partial charge in [-0.1, -0.05) is 24.6 Å². The molecule has 1 rings (SSSR count). The largest absolute Gasteiger partial charge is 0.496 e. The third-order valence-corrected chi connectivity index (χ3v) is 2.75. The van der Waals surface area contributed by atoms with Crippen LogP contribution in [0.1, 0.15) is 31.2 Å². The van der Waals surface area contributed by atoms with Crippen LogP contribution < -0.4 is 10.1 Å². The Labute approximate surface area is 108 Å². The van der Waals surface area contributed by atoms with Crippen molar-refractivity contribution >= 4 is 5.97 Å². The van der Waals surface area contributed by atoms with Crippen molar-refractivity contribution < 1.29 is 14.6 Å². The highest BCUT2D eigenvalue weighted by Crippen LogP contribution is 2.16. The number of unbranched alkanes of at least 4 members (excludes halogenated alkanes) is 2. The van der Waals surface area contributed by atoms with Gasteiger partial charge in [-0.05, 0) is 25.5 Å². The lowest BCUT2D eigenvalue weighted by Crippen LogP contribution is -2.15. The lowest BCUT2D eigenvalue weighted by Gasteiger charge is -2.09. The van der Waals surface area contributed by atoms with E-state index in [1.165, 1.54) is 0 Å². The summed E-state index contributed by atoms with van der Waals surface area (Å²) in [5.74, 6) is 0.188. The van der Waals surface area contributed by atoms with Crippen molar-refractivity contribution in [1.82, 2.24) is 5.32 Å². The van der Waals surface area contributed by atoms with E-state index < -0.39 is 5.97 Å². The standard InChI is InChI=1S/C14H21NO3/c1-18-13-8-5-4-7-12(13)11-15-10-6-2-3-9-14(16)17/h4-5,7-8,15H,2-3,6,9-11H2,1H3,(H,16,17). The minimum absolute atomic E-state index is 0.270. The van der Waals surface area contributed by atoms with Gasteiger partial charge in [0.1, 0.15) is 5.75 Å². The lowest BCUT2D eigenvalue weighted by molar-refractivity contribution is -0.137. The van der Waals surface area contributed by atoms with Crippen LogP contribution in [-0.2, 0) is 11.3 Å². The fourth-order valence-corrected chi connectivity index (χ4v) is 1.78. The van der Waals surface area contributed by atoms with Crippen LogP contribution in [0.3, 0.4) is 0 Å². The van der Waals surface area contributed by atoms with Gasteiger partial charge in [-0.2, -0.15) is 0 Å². The van der Waals surface area contributed by atoms with Gasteiger partial charge < -0.3 is 15.2 Å².